The van der Waals surface area contributed by atoms with Gasteiger partial charge in [0, 0.05) is 12.7 Å². The van der Waals surface area contributed by atoms with Gasteiger partial charge in [0.25, 0.3) is 0 Å². The van der Waals surface area contributed by atoms with Crippen molar-refractivity contribution in [1.29, 1.82) is 0 Å². The van der Waals surface area contributed by atoms with Gasteiger partial charge in [0.15, 0.2) is 0 Å². The lowest BCUT2D eigenvalue weighted by Gasteiger charge is -2.06. The quantitative estimate of drug-likeness (QED) is 0.409. The van der Waals surface area contributed by atoms with E-state index in [4.69, 9.17) is 4.74 Å². The number of nitrogens with zero attached hydrogens (tertiary/aromatic N) is 1. The summed E-state index contributed by atoms with van der Waals surface area (Å²) in [5.41, 5.74) is 1.68. The molecule has 3 amide bonds. The van der Waals surface area contributed by atoms with Crippen LogP contribution in [0, 0.1) is 6.92 Å². The largest absolute Gasteiger partial charge is 0.461 e. The second kappa shape index (κ2) is 7.13. The maximum Gasteiger partial charge on any atom is 0.461 e. The van der Waals surface area contributed by atoms with Gasteiger partial charge in [-0.15, -0.1) is 0 Å². The van der Waals surface area contributed by atoms with Crippen molar-refractivity contribution in [1.82, 2.24) is 10.6 Å². The molecule has 7 nitrogen and oxygen atoms in total. The van der Waals surface area contributed by atoms with E-state index < -0.39 is 12.1 Å². The zero-order chi connectivity index (χ0) is 15.1. The summed E-state index contributed by atoms with van der Waals surface area (Å²) in [5, 5.41) is 7.41. The van der Waals surface area contributed by atoms with Crippen molar-refractivity contribution in [3.8, 4) is 0 Å². The minimum atomic E-state index is -0.662. The number of urea groups is 1. The van der Waals surface area contributed by atoms with Crippen LogP contribution in [0.15, 0.2) is 24.3 Å². The van der Waals surface area contributed by atoms with Gasteiger partial charge in [-0.05, 0) is 24.6 Å². The second-order valence-corrected chi connectivity index (χ2v) is 4.29. The van der Waals surface area contributed by atoms with Crippen LogP contribution < -0.4 is 16.0 Å². The summed E-state index contributed by atoms with van der Waals surface area (Å²) in [5.74, 6) is 0. The van der Waals surface area contributed by atoms with Gasteiger partial charge in [-0.2, -0.15) is 5.32 Å². The summed E-state index contributed by atoms with van der Waals surface area (Å²) in [4.78, 5) is 23.0. The predicted octanol–water partition coefficient (Wildman–Crippen LogP) is 1.10. The van der Waals surface area contributed by atoms with Crippen molar-refractivity contribution in [3.63, 3.8) is 0 Å². The number of aryl methyl sites for hydroxylation is 1. The fourth-order valence-electron chi connectivity index (χ4n) is 1.35. The van der Waals surface area contributed by atoms with Gasteiger partial charge >= 0.3 is 18.1 Å². The topological polar surface area (TPSA) is 82.5 Å². The fraction of sp³-hybridized carbons (Fsp3) is 0.308. The first kappa shape index (κ1) is 15.5. The Balaban J connectivity index is 2.68. The lowest BCUT2D eigenvalue weighted by molar-refractivity contribution is -0.474. The molecule has 0 aliphatic carbocycles. The molecule has 0 aliphatic rings. The third kappa shape index (κ3) is 4.97. The molecule has 1 aromatic carbocycles. The zero-order valence-electron chi connectivity index (χ0n) is 12.0. The summed E-state index contributed by atoms with van der Waals surface area (Å²) in [6.45, 7) is 1.93. The van der Waals surface area contributed by atoms with Crippen LogP contribution in [0.2, 0.25) is 0 Å². The summed E-state index contributed by atoms with van der Waals surface area (Å²) in [7, 11) is 4.72. The van der Waals surface area contributed by atoms with Crippen LogP contribution in [0.4, 0.5) is 15.3 Å². The highest BCUT2D eigenvalue weighted by Gasteiger charge is 2.19. The highest BCUT2D eigenvalue weighted by molar-refractivity contribution is 6.01. The molecule has 108 valence electrons. The number of amides is 3. The number of carbonyl (C=O) groups excluding carboxylic acids is 2. The first-order chi connectivity index (χ1) is 9.42. The summed E-state index contributed by atoms with van der Waals surface area (Å²) in [6.07, 6.45) is -0.662. The van der Waals surface area contributed by atoms with Gasteiger partial charge in [0.2, 0.25) is 0 Å². The summed E-state index contributed by atoms with van der Waals surface area (Å²) < 4.78 is 6.39. The molecule has 0 saturated carbocycles. The molecular formula is C13H19N4O3+. The molecule has 0 aliphatic heterocycles. The van der Waals surface area contributed by atoms with Crippen molar-refractivity contribution in [2.24, 2.45) is 0 Å². The number of alkyl carbamates (subject to hydrolysis) is 1. The van der Waals surface area contributed by atoms with Gasteiger partial charge < -0.3 is 10.1 Å². The molecule has 0 heterocycles. The number of hydrogen-bond acceptors (Lipinski definition) is 3. The molecule has 0 saturated heterocycles. The molecule has 7 heteroatoms. The van der Waals surface area contributed by atoms with Crippen molar-refractivity contribution in [3.05, 3.63) is 29.8 Å². The number of benzene rings is 1. The SMILES string of the molecule is CNC(=O)OC(NC(=O)Nc1cccc(C)c1)=[N+](C)C. The number of rotatable bonds is 1. The average molecular weight is 279 g/mol. The van der Waals surface area contributed by atoms with E-state index in [1.54, 1.807) is 20.2 Å². The highest BCUT2D eigenvalue weighted by Crippen LogP contribution is 2.08. The van der Waals surface area contributed by atoms with E-state index in [1.807, 2.05) is 25.1 Å². The number of hydrogen-bond donors (Lipinski definition) is 3. The molecule has 0 bridgehead atoms. The Labute approximate surface area is 117 Å². The van der Waals surface area contributed by atoms with E-state index >= 15 is 0 Å². The van der Waals surface area contributed by atoms with E-state index in [0.717, 1.165) is 5.56 Å². The Bertz CT molecular complexity index is 536. The normalized spacial score (nSPS) is 9.40. The lowest BCUT2D eigenvalue weighted by Crippen LogP contribution is -2.42. The zero-order valence-corrected chi connectivity index (χ0v) is 12.0. The number of amidine groups is 1. The summed E-state index contributed by atoms with van der Waals surface area (Å²) >= 11 is 0. The Morgan fingerprint density at radius 2 is 1.95 bits per heavy atom. The van der Waals surface area contributed by atoms with Crippen molar-refractivity contribution in [2.75, 3.05) is 26.5 Å². The number of anilines is 1. The Morgan fingerprint density at radius 1 is 1.25 bits per heavy atom. The highest BCUT2D eigenvalue weighted by atomic mass is 16.6. The third-order valence-electron chi connectivity index (χ3n) is 2.30. The molecule has 0 radical (unpaired) electrons. The maximum absolute atomic E-state index is 11.8. The molecule has 0 unspecified atom stereocenters. The number of nitrogens with one attached hydrogen (secondary N) is 3. The molecule has 1 rings (SSSR count). The second-order valence-electron chi connectivity index (χ2n) is 4.29. The van der Waals surface area contributed by atoms with Crippen LogP contribution in [-0.2, 0) is 4.74 Å². The van der Waals surface area contributed by atoms with E-state index in [0.29, 0.717) is 5.69 Å². The van der Waals surface area contributed by atoms with Crippen LogP contribution in [0.25, 0.3) is 0 Å². The first-order valence-electron chi connectivity index (χ1n) is 6.01. The van der Waals surface area contributed by atoms with Gasteiger partial charge in [-0.3, -0.25) is 5.32 Å². The van der Waals surface area contributed by atoms with E-state index in [-0.39, 0.29) is 6.02 Å². The molecule has 20 heavy (non-hydrogen) atoms. The van der Waals surface area contributed by atoms with E-state index in [2.05, 4.69) is 16.0 Å². The fourth-order valence-corrected chi connectivity index (χ4v) is 1.35. The molecular weight excluding hydrogens is 260 g/mol. The summed E-state index contributed by atoms with van der Waals surface area (Å²) in [6, 6.07) is 6.88. The minimum Gasteiger partial charge on any atom is -0.340 e. The molecule has 0 aromatic heterocycles. The van der Waals surface area contributed by atoms with Crippen LogP contribution in [0.3, 0.4) is 0 Å². The van der Waals surface area contributed by atoms with Gasteiger partial charge in [-0.1, -0.05) is 12.1 Å². The van der Waals surface area contributed by atoms with Gasteiger partial charge in [0.05, 0.1) is 14.1 Å². The van der Waals surface area contributed by atoms with Crippen molar-refractivity contribution in [2.45, 2.75) is 6.92 Å². The standard InChI is InChI=1S/C13H18N4O3/c1-9-6-5-7-10(8-9)15-11(18)16-12(17(3)4)20-13(19)14-2/h5-8H,1-4H3,(H2,14,15,18,19)/p+1. The third-order valence-corrected chi connectivity index (χ3v) is 2.30. The Kier molecular flexibility index (Phi) is 5.52. The van der Waals surface area contributed by atoms with Crippen molar-refractivity contribution < 1.29 is 18.9 Å². The smallest absolute Gasteiger partial charge is 0.340 e. The number of carbonyl (C=O) groups is 2. The van der Waals surface area contributed by atoms with E-state index in [9.17, 15) is 9.59 Å². The first-order valence-corrected chi connectivity index (χ1v) is 6.01. The average Bonchev–Trinajstić information content (AvgIpc) is 2.37. The molecule has 0 atom stereocenters. The Morgan fingerprint density at radius 3 is 2.50 bits per heavy atom. The van der Waals surface area contributed by atoms with Gasteiger partial charge in [-0.25, -0.2) is 14.2 Å². The molecule has 3 N–H and O–H groups in total. The van der Waals surface area contributed by atoms with Crippen LogP contribution in [-0.4, -0.2) is 43.9 Å². The van der Waals surface area contributed by atoms with Crippen LogP contribution in [0.5, 0.6) is 0 Å². The van der Waals surface area contributed by atoms with Crippen LogP contribution >= 0.6 is 0 Å². The van der Waals surface area contributed by atoms with Crippen molar-refractivity contribution >= 4 is 23.8 Å². The van der Waals surface area contributed by atoms with Gasteiger partial charge in [0.1, 0.15) is 0 Å². The molecule has 0 fully saturated rings. The van der Waals surface area contributed by atoms with E-state index in [1.165, 1.54) is 11.6 Å². The lowest BCUT2D eigenvalue weighted by atomic mass is 10.2. The number of ether oxygens (including phenoxy) is 1. The Hall–Kier alpha value is -2.57. The minimum absolute atomic E-state index is 0.0227. The maximum atomic E-state index is 11.8. The predicted molar refractivity (Wildman–Crippen MR) is 76.0 cm³/mol. The monoisotopic (exact) mass is 279 g/mol. The molecule has 1 aromatic rings. The van der Waals surface area contributed by atoms with Crippen LogP contribution in [0.1, 0.15) is 5.56 Å². The molecule has 0 spiro atoms.